The number of hydrogen-bond acceptors (Lipinski definition) is 3. The van der Waals surface area contributed by atoms with Crippen LogP contribution in [0.1, 0.15) is 24.8 Å². The van der Waals surface area contributed by atoms with Gasteiger partial charge in [0.25, 0.3) is 0 Å². The van der Waals surface area contributed by atoms with Crippen molar-refractivity contribution in [2.24, 2.45) is 5.73 Å². The van der Waals surface area contributed by atoms with Crippen molar-refractivity contribution >= 4 is 5.69 Å². The van der Waals surface area contributed by atoms with Crippen molar-refractivity contribution in [1.82, 2.24) is 4.98 Å². The second kappa shape index (κ2) is 3.96. The molecule has 3 heteroatoms. The van der Waals surface area contributed by atoms with Gasteiger partial charge in [0.1, 0.15) is 0 Å². The van der Waals surface area contributed by atoms with E-state index in [-0.39, 0.29) is 0 Å². The largest absolute Gasteiger partial charge is 0.380 e. The van der Waals surface area contributed by atoms with Gasteiger partial charge in [0.05, 0.1) is 0 Å². The maximum absolute atomic E-state index is 6.00. The highest BCUT2D eigenvalue weighted by Gasteiger charge is 2.23. The van der Waals surface area contributed by atoms with Gasteiger partial charge in [-0.25, -0.2) is 0 Å². The Morgan fingerprint density at radius 2 is 2.36 bits per heavy atom. The molecule has 0 bridgehead atoms. The van der Waals surface area contributed by atoms with Gasteiger partial charge in [0.2, 0.25) is 0 Å². The topological polar surface area (TPSA) is 50.9 Å². The quantitative estimate of drug-likeness (QED) is 0.747. The lowest BCUT2D eigenvalue weighted by molar-refractivity contribution is 0.637. The summed E-state index contributed by atoms with van der Waals surface area (Å²) < 4.78 is 0. The van der Waals surface area contributed by atoms with Gasteiger partial charge < -0.3 is 11.1 Å². The van der Waals surface area contributed by atoms with E-state index in [1.165, 1.54) is 24.1 Å². The third-order valence-electron chi connectivity index (χ3n) is 2.93. The molecule has 2 unspecified atom stereocenters. The fraction of sp³-hybridized carbons (Fsp3) is 0.545. The van der Waals surface area contributed by atoms with Crippen LogP contribution < -0.4 is 11.1 Å². The van der Waals surface area contributed by atoms with Gasteiger partial charge in [-0.2, -0.15) is 0 Å². The summed E-state index contributed by atoms with van der Waals surface area (Å²) in [7, 11) is 0. The molecule has 0 spiro atoms. The fourth-order valence-electron chi connectivity index (χ4n) is 2.00. The van der Waals surface area contributed by atoms with Gasteiger partial charge in [-0.3, -0.25) is 4.98 Å². The van der Waals surface area contributed by atoms with Crippen LogP contribution in [-0.4, -0.2) is 17.1 Å². The summed E-state index contributed by atoms with van der Waals surface area (Å²) in [6.07, 6.45) is 7.26. The molecule has 14 heavy (non-hydrogen) atoms. The standard InChI is InChI=1S/C11H17N3/c1-8-7-13-6-5-10(8)14-11-4-2-3-9(11)12/h5-7,9,11H,2-4,12H2,1H3,(H,13,14). The molecule has 2 atom stereocenters. The smallest absolute Gasteiger partial charge is 0.0412 e. The molecular formula is C11H17N3. The van der Waals surface area contributed by atoms with Crippen molar-refractivity contribution in [2.45, 2.75) is 38.3 Å². The SMILES string of the molecule is Cc1cnccc1NC1CCCC1N. The van der Waals surface area contributed by atoms with Crippen LogP contribution in [0.15, 0.2) is 18.5 Å². The molecule has 0 radical (unpaired) electrons. The summed E-state index contributed by atoms with van der Waals surface area (Å²) in [5.41, 5.74) is 8.35. The van der Waals surface area contributed by atoms with Gasteiger partial charge in [0, 0.05) is 30.2 Å². The van der Waals surface area contributed by atoms with E-state index in [0.29, 0.717) is 12.1 Å². The van der Waals surface area contributed by atoms with Crippen molar-refractivity contribution in [3.63, 3.8) is 0 Å². The Morgan fingerprint density at radius 3 is 3.00 bits per heavy atom. The minimum Gasteiger partial charge on any atom is -0.380 e. The van der Waals surface area contributed by atoms with Gasteiger partial charge >= 0.3 is 0 Å². The van der Waals surface area contributed by atoms with Crippen molar-refractivity contribution in [3.05, 3.63) is 24.0 Å². The molecule has 1 aliphatic carbocycles. The molecule has 1 fully saturated rings. The monoisotopic (exact) mass is 191 g/mol. The molecule has 0 saturated heterocycles. The second-order valence-corrected chi connectivity index (χ2v) is 4.04. The zero-order valence-electron chi connectivity index (χ0n) is 8.53. The molecule has 1 aliphatic rings. The predicted molar refractivity (Wildman–Crippen MR) is 58.2 cm³/mol. The van der Waals surface area contributed by atoms with E-state index in [4.69, 9.17) is 5.73 Å². The van der Waals surface area contributed by atoms with Crippen molar-refractivity contribution in [1.29, 1.82) is 0 Å². The molecule has 0 aliphatic heterocycles. The summed E-state index contributed by atoms with van der Waals surface area (Å²) in [6, 6.07) is 2.76. The Kier molecular flexibility index (Phi) is 2.68. The first-order valence-electron chi connectivity index (χ1n) is 5.20. The average Bonchev–Trinajstić information content (AvgIpc) is 2.56. The Bertz CT molecular complexity index is 311. The number of aryl methyl sites for hydroxylation is 1. The van der Waals surface area contributed by atoms with Crippen LogP contribution in [0.5, 0.6) is 0 Å². The van der Waals surface area contributed by atoms with Crippen LogP contribution in [0.25, 0.3) is 0 Å². The van der Waals surface area contributed by atoms with Crippen LogP contribution in [0.4, 0.5) is 5.69 Å². The molecule has 0 amide bonds. The molecule has 1 aromatic heterocycles. The number of hydrogen-bond donors (Lipinski definition) is 2. The number of nitrogens with zero attached hydrogens (tertiary/aromatic N) is 1. The van der Waals surface area contributed by atoms with E-state index in [1.807, 2.05) is 18.5 Å². The fourth-order valence-corrected chi connectivity index (χ4v) is 2.00. The summed E-state index contributed by atoms with van der Waals surface area (Å²) in [5.74, 6) is 0. The van der Waals surface area contributed by atoms with Crippen molar-refractivity contribution < 1.29 is 0 Å². The molecule has 76 valence electrons. The highest BCUT2D eigenvalue weighted by molar-refractivity contribution is 5.49. The maximum atomic E-state index is 6.00. The minimum atomic E-state index is 0.308. The maximum Gasteiger partial charge on any atom is 0.0412 e. The minimum absolute atomic E-state index is 0.308. The summed E-state index contributed by atoms with van der Waals surface area (Å²) in [4.78, 5) is 4.07. The average molecular weight is 191 g/mol. The molecular weight excluding hydrogens is 174 g/mol. The van der Waals surface area contributed by atoms with Gasteiger partial charge in [-0.1, -0.05) is 0 Å². The van der Waals surface area contributed by atoms with E-state index >= 15 is 0 Å². The molecule has 3 N–H and O–H groups in total. The number of anilines is 1. The third-order valence-corrected chi connectivity index (χ3v) is 2.93. The Labute approximate surface area is 84.7 Å². The number of nitrogens with two attached hydrogens (primary N) is 1. The molecule has 3 nitrogen and oxygen atoms in total. The van der Waals surface area contributed by atoms with Crippen LogP contribution in [0, 0.1) is 6.92 Å². The van der Waals surface area contributed by atoms with Gasteiger partial charge in [-0.05, 0) is 37.8 Å². The van der Waals surface area contributed by atoms with E-state index < -0.39 is 0 Å². The van der Waals surface area contributed by atoms with E-state index in [0.717, 1.165) is 6.42 Å². The van der Waals surface area contributed by atoms with Crippen LogP contribution >= 0.6 is 0 Å². The van der Waals surface area contributed by atoms with E-state index in [9.17, 15) is 0 Å². The van der Waals surface area contributed by atoms with Gasteiger partial charge in [0.15, 0.2) is 0 Å². The van der Waals surface area contributed by atoms with Gasteiger partial charge in [-0.15, -0.1) is 0 Å². The summed E-state index contributed by atoms with van der Waals surface area (Å²) in [5, 5.41) is 3.49. The molecule has 0 aromatic carbocycles. The normalized spacial score (nSPS) is 26.4. The second-order valence-electron chi connectivity index (χ2n) is 4.04. The first kappa shape index (κ1) is 9.46. The third kappa shape index (κ3) is 1.87. The van der Waals surface area contributed by atoms with Crippen LogP contribution in [-0.2, 0) is 0 Å². The summed E-state index contributed by atoms with van der Waals surface area (Å²) >= 11 is 0. The number of pyridine rings is 1. The highest BCUT2D eigenvalue weighted by atomic mass is 15.0. The van der Waals surface area contributed by atoms with Crippen molar-refractivity contribution in [3.8, 4) is 0 Å². The van der Waals surface area contributed by atoms with E-state index in [1.54, 1.807) is 0 Å². The van der Waals surface area contributed by atoms with Crippen LogP contribution in [0.3, 0.4) is 0 Å². The Morgan fingerprint density at radius 1 is 1.50 bits per heavy atom. The zero-order chi connectivity index (χ0) is 9.97. The summed E-state index contributed by atoms with van der Waals surface area (Å²) in [6.45, 7) is 2.07. The predicted octanol–water partition coefficient (Wildman–Crippen LogP) is 1.68. The number of rotatable bonds is 2. The number of nitrogens with one attached hydrogen (secondary N) is 1. The number of aromatic nitrogens is 1. The van der Waals surface area contributed by atoms with E-state index in [2.05, 4.69) is 17.2 Å². The lowest BCUT2D eigenvalue weighted by Gasteiger charge is -2.19. The molecule has 2 rings (SSSR count). The lowest BCUT2D eigenvalue weighted by atomic mass is 10.1. The molecule has 1 aromatic rings. The first-order valence-corrected chi connectivity index (χ1v) is 5.20. The Balaban J connectivity index is 2.07. The van der Waals surface area contributed by atoms with Crippen molar-refractivity contribution in [2.75, 3.05) is 5.32 Å². The molecule has 1 saturated carbocycles. The highest BCUT2D eigenvalue weighted by Crippen LogP contribution is 2.22. The first-order chi connectivity index (χ1) is 6.77. The molecule has 1 heterocycles. The zero-order valence-corrected chi connectivity index (χ0v) is 8.53. The Hall–Kier alpha value is -1.09. The van der Waals surface area contributed by atoms with Crippen LogP contribution in [0.2, 0.25) is 0 Å². The lowest BCUT2D eigenvalue weighted by Crippen LogP contribution is -2.35.